The van der Waals surface area contributed by atoms with Gasteiger partial charge in [-0.05, 0) is 6.04 Å². The van der Waals surface area contributed by atoms with E-state index in [1.54, 1.807) is 0 Å². The van der Waals surface area contributed by atoms with Crippen molar-refractivity contribution < 1.29 is 4.74 Å². The standard InChI is InChI=1S/C3H9NOSi/c4-6-2-3-1-5-3/h3H,1-2,4,6H2. The summed E-state index contributed by atoms with van der Waals surface area (Å²) in [6, 6.07) is 1.18. The van der Waals surface area contributed by atoms with Crippen LogP contribution in [-0.2, 0) is 4.74 Å². The molecule has 1 saturated heterocycles. The van der Waals surface area contributed by atoms with E-state index in [2.05, 4.69) is 0 Å². The molecule has 0 aliphatic carbocycles. The highest BCUT2D eigenvalue weighted by Crippen LogP contribution is 2.11. The molecule has 0 aromatic rings. The molecular formula is C3H9NOSi. The molecule has 0 spiro atoms. The van der Waals surface area contributed by atoms with E-state index in [1.165, 1.54) is 6.04 Å². The summed E-state index contributed by atoms with van der Waals surface area (Å²) in [5, 5.41) is 5.33. The zero-order valence-corrected chi connectivity index (χ0v) is 5.10. The third kappa shape index (κ3) is 1.08. The largest absolute Gasteiger partial charge is 0.373 e. The van der Waals surface area contributed by atoms with Crippen LogP contribution in [0.4, 0.5) is 0 Å². The lowest BCUT2D eigenvalue weighted by Crippen LogP contribution is -2.05. The maximum Gasteiger partial charge on any atom is 0.0914 e. The molecular weight excluding hydrogens is 94.1 g/mol. The third-order valence-electron chi connectivity index (χ3n) is 0.891. The highest BCUT2D eigenvalue weighted by molar-refractivity contribution is 6.31. The van der Waals surface area contributed by atoms with Gasteiger partial charge in [0.25, 0.3) is 0 Å². The smallest absolute Gasteiger partial charge is 0.0914 e. The van der Waals surface area contributed by atoms with Gasteiger partial charge in [0.05, 0.1) is 22.4 Å². The Balaban J connectivity index is 1.88. The second-order valence-corrected chi connectivity index (χ2v) is 2.69. The summed E-state index contributed by atoms with van der Waals surface area (Å²) in [4.78, 5) is 0. The summed E-state index contributed by atoms with van der Waals surface area (Å²) in [6.45, 7) is 0.976. The van der Waals surface area contributed by atoms with E-state index in [1.807, 2.05) is 0 Å². The van der Waals surface area contributed by atoms with Gasteiger partial charge in [0.2, 0.25) is 0 Å². The molecule has 0 aromatic heterocycles. The zero-order valence-electron chi connectivity index (χ0n) is 3.68. The third-order valence-corrected chi connectivity index (χ3v) is 1.87. The van der Waals surface area contributed by atoms with E-state index in [0.29, 0.717) is 6.10 Å². The van der Waals surface area contributed by atoms with Gasteiger partial charge < -0.3 is 10.1 Å². The van der Waals surface area contributed by atoms with Crippen LogP contribution in [0.3, 0.4) is 0 Å². The molecule has 0 radical (unpaired) electrons. The normalized spacial score (nSPS) is 32.5. The molecule has 0 amide bonds. The van der Waals surface area contributed by atoms with Gasteiger partial charge in [-0.15, -0.1) is 0 Å². The SMILES string of the molecule is N[SiH2]CC1CO1. The van der Waals surface area contributed by atoms with Crippen LogP contribution in [0, 0.1) is 0 Å². The summed E-state index contributed by atoms with van der Waals surface area (Å²) in [5.74, 6) is 0. The monoisotopic (exact) mass is 103 g/mol. The summed E-state index contributed by atoms with van der Waals surface area (Å²) >= 11 is 0. The lowest BCUT2D eigenvalue weighted by Gasteiger charge is -1.79. The number of hydrogen-bond acceptors (Lipinski definition) is 2. The van der Waals surface area contributed by atoms with Crippen molar-refractivity contribution in [3.8, 4) is 0 Å². The van der Waals surface area contributed by atoms with Gasteiger partial charge in [-0.2, -0.15) is 0 Å². The van der Waals surface area contributed by atoms with Gasteiger partial charge in [-0.25, -0.2) is 0 Å². The van der Waals surface area contributed by atoms with Crippen LogP contribution < -0.4 is 5.40 Å². The van der Waals surface area contributed by atoms with Crippen molar-refractivity contribution in [2.24, 2.45) is 5.40 Å². The number of hydrogen-bond donors (Lipinski definition) is 1. The molecule has 1 aliphatic rings. The Kier molecular flexibility index (Phi) is 1.24. The van der Waals surface area contributed by atoms with E-state index in [-0.39, 0.29) is 9.68 Å². The zero-order chi connectivity index (χ0) is 4.41. The minimum absolute atomic E-state index is 0.196. The molecule has 0 bridgehead atoms. The second kappa shape index (κ2) is 1.73. The molecule has 1 fully saturated rings. The highest BCUT2D eigenvalue weighted by Gasteiger charge is 2.20. The fourth-order valence-corrected chi connectivity index (χ4v) is 1.13. The van der Waals surface area contributed by atoms with E-state index < -0.39 is 0 Å². The Morgan fingerprint density at radius 3 is 2.83 bits per heavy atom. The predicted molar refractivity (Wildman–Crippen MR) is 27.3 cm³/mol. The van der Waals surface area contributed by atoms with Gasteiger partial charge in [-0.3, -0.25) is 0 Å². The molecule has 1 rings (SSSR count). The van der Waals surface area contributed by atoms with E-state index >= 15 is 0 Å². The first-order valence-electron chi connectivity index (χ1n) is 2.25. The molecule has 1 unspecified atom stereocenters. The molecule has 2 N–H and O–H groups in total. The Morgan fingerprint density at radius 2 is 2.67 bits per heavy atom. The topological polar surface area (TPSA) is 38.5 Å². The Labute approximate surface area is 39.6 Å². The van der Waals surface area contributed by atoms with Crippen LogP contribution in [0.15, 0.2) is 0 Å². The average molecular weight is 103 g/mol. The van der Waals surface area contributed by atoms with Gasteiger partial charge >= 0.3 is 0 Å². The number of nitrogens with two attached hydrogens (primary N) is 1. The molecule has 1 atom stereocenters. The van der Waals surface area contributed by atoms with Crippen LogP contribution in [0.2, 0.25) is 6.04 Å². The minimum Gasteiger partial charge on any atom is -0.373 e. The molecule has 6 heavy (non-hydrogen) atoms. The van der Waals surface area contributed by atoms with Gasteiger partial charge in [0, 0.05) is 0 Å². The predicted octanol–water partition coefficient (Wildman–Crippen LogP) is -1.15. The first-order valence-corrected chi connectivity index (χ1v) is 4.07. The van der Waals surface area contributed by atoms with Crippen LogP contribution in [-0.4, -0.2) is 22.4 Å². The fourth-order valence-electron chi connectivity index (χ4n) is 0.421. The second-order valence-electron chi connectivity index (χ2n) is 1.53. The molecule has 36 valence electrons. The molecule has 0 aromatic carbocycles. The van der Waals surface area contributed by atoms with Crippen molar-refractivity contribution in [1.29, 1.82) is 0 Å². The van der Waals surface area contributed by atoms with Crippen LogP contribution in [0.25, 0.3) is 0 Å². The summed E-state index contributed by atoms with van der Waals surface area (Å²) in [5.41, 5.74) is 0. The van der Waals surface area contributed by atoms with Crippen molar-refractivity contribution in [2.45, 2.75) is 12.1 Å². The first kappa shape index (κ1) is 4.30. The Bertz CT molecular complexity index is 46.1. The van der Waals surface area contributed by atoms with Gasteiger partial charge in [-0.1, -0.05) is 0 Å². The van der Waals surface area contributed by atoms with Crippen LogP contribution in [0.5, 0.6) is 0 Å². The Morgan fingerprint density at radius 1 is 2.00 bits per heavy atom. The minimum atomic E-state index is -0.196. The lowest BCUT2D eigenvalue weighted by molar-refractivity contribution is 0.422. The van der Waals surface area contributed by atoms with E-state index in [4.69, 9.17) is 10.1 Å². The molecule has 0 saturated carbocycles. The summed E-state index contributed by atoms with van der Waals surface area (Å²) in [7, 11) is -0.196. The van der Waals surface area contributed by atoms with E-state index in [9.17, 15) is 0 Å². The summed E-state index contributed by atoms with van der Waals surface area (Å²) in [6.07, 6.45) is 0.585. The van der Waals surface area contributed by atoms with Crippen molar-refractivity contribution in [3.63, 3.8) is 0 Å². The maximum atomic E-state index is 5.33. The lowest BCUT2D eigenvalue weighted by atomic mass is 10.6. The van der Waals surface area contributed by atoms with Crippen molar-refractivity contribution in [3.05, 3.63) is 0 Å². The fraction of sp³-hybridized carbons (Fsp3) is 1.00. The highest BCUT2D eigenvalue weighted by atomic mass is 28.2. The van der Waals surface area contributed by atoms with Crippen LogP contribution in [0.1, 0.15) is 0 Å². The van der Waals surface area contributed by atoms with Gasteiger partial charge in [0.15, 0.2) is 0 Å². The first-order chi connectivity index (χ1) is 2.93. The maximum absolute atomic E-state index is 5.33. The number of ether oxygens (including phenoxy) is 1. The molecule has 1 aliphatic heterocycles. The molecule has 1 heterocycles. The van der Waals surface area contributed by atoms with E-state index in [0.717, 1.165) is 6.61 Å². The van der Waals surface area contributed by atoms with Crippen molar-refractivity contribution in [2.75, 3.05) is 6.61 Å². The van der Waals surface area contributed by atoms with Crippen molar-refractivity contribution in [1.82, 2.24) is 0 Å². The van der Waals surface area contributed by atoms with Gasteiger partial charge in [0.1, 0.15) is 0 Å². The quantitative estimate of drug-likeness (QED) is 0.354. The molecule has 2 nitrogen and oxygen atoms in total. The van der Waals surface area contributed by atoms with Crippen molar-refractivity contribution >= 4 is 9.68 Å². The van der Waals surface area contributed by atoms with Crippen LogP contribution >= 0.6 is 0 Å². The number of rotatable bonds is 2. The number of epoxide rings is 1. The summed E-state index contributed by atoms with van der Waals surface area (Å²) < 4.78 is 4.90. The molecule has 3 heteroatoms. The average Bonchev–Trinajstić information content (AvgIpc) is 2.21. The Hall–Kier alpha value is 0.137.